The fourth-order valence-corrected chi connectivity index (χ4v) is 3.54. The number of hydrogen-bond donors (Lipinski definition) is 0. The Kier molecular flexibility index (Phi) is 4.73. The van der Waals surface area contributed by atoms with E-state index < -0.39 is 0 Å². The van der Waals surface area contributed by atoms with Crippen LogP contribution < -0.4 is 0 Å². The van der Waals surface area contributed by atoms with Crippen molar-refractivity contribution in [1.29, 1.82) is 0 Å². The van der Waals surface area contributed by atoms with Crippen LogP contribution in [0.4, 0.5) is 0 Å². The summed E-state index contributed by atoms with van der Waals surface area (Å²) in [6, 6.07) is 14.2. The molecule has 6 heteroatoms. The molecular weight excluding hydrogens is 326 g/mol. The van der Waals surface area contributed by atoms with Gasteiger partial charge in [-0.2, -0.15) is 5.10 Å². The number of carbonyl (C=O) groups excluding carboxylic acids is 1. The van der Waals surface area contributed by atoms with E-state index in [1.807, 2.05) is 11.0 Å². The Hall–Kier alpha value is -3.02. The average Bonchev–Trinajstić information content (AvgIpc) is 3.24. The minimum atomic E-state index is 0.0643. The van der Waals surface area contributed by atoms with Gasteiger partial charge in [-0.1, -0.05) is 30.3 Å². The maximum atomic E-state index is 13.2. The van der Waals surface area contributed by atoms with E-state index >= 15 is 0 Å². The number of hydrogen-bond acceptors (Lipinski definition) is 4. The van der Waals surface area contributed by atoms with Gasteiger partial charge in [0.2, 0.25) is 0 Å². The lowest BCUT2D eigenvalue weighted by Crippen LogP contribution is -2.44. The SMILES string of the molecule is O=C(c1ccnc(-n2cncn2)c1)N1CCCCC1Cc1ccccc1. The first-order valence-electron chi connectivity index (χ1n) is 8.97. The van der Waals surface area contributed by atoms with Gasteiger partial charge in [-0.05, 0) is 43.4 Å². The van der Waals surface area contributed by atoms with Crippen LogP contribution in [-0.2, 0) is 6.42 Å². The Morgan fingerprint density at radius 1 is 1.15 bits per heavy atom. The molecule has 2 aromatic heterocycles. The van der Waals surface area contributed by atoms with Gasteiger partial charge < -0.3 is 4.90 Å². The second-order valence-electron chi connectivity index (χ2n) is 6.58. The molecule has 1 aliphatic heterocycles. The number of amides is 1. The van der Waals surface area contributed by atoms with Gasteiger partial charge in [-0.25, -0.2) is 14.6 Å². The molecule has 0 bridgehead atoms. The number of benzene rings is 1. The standard InChI is InChI=1S/C20H21N5O/c26-20(17-9-10-22-19(13-17)25-15-21-14-23-25)24-11-5-4-8-18(24)12-16-6-2-1-3-7-16/h1-3,6-7,9-10,13-15,18H,4-5,8,11-12H2. The lowest BCUT2D eigenvalue weighted by molar-refractivity contribution is 0.0613. The Balaban J connectivity index is 1.56. The quantitative estimate of drug-likeness (QED) is 0.728. The van der Waals surface area contributed by atoms with Crippen molar-refractivity contribution in [2.24, 2.45) is 0 Å². The average molecular weight is 347 g/mol. The van der Waals surface area contributed by atoms with Crippen LogP contribution in [-0.4, -0.2) is 43.1 Å². The molecule has 1 unspecified atom stereocenters. The van der Waals surface area contributed by atoms with Crippen molar-refractivity contribution in [3.8, 4) is 5.82 Å². The molecule has 3 aromatic rings. The van der Waals surface area contributed by atoms with Crippen LogP contribution in [0.5, 0.6) is 0 Å². The van der Waals surface area contributed by atoms with Gasteiger partial charge in [-0.15, -0.1) is 0 Å². The summed E-state index contributed by atoms with van der Waals surface area (Å²) < 4.78 is 1.56. The summed E-state index contributed by atoms with van der Waals surface area (Å²) in [4.78, 5) is 23.4. The third kappa shape index (κ3) is 3.49. The lowest BCUT2D eigenvalue weighted by Gasteiger charge is -2.36. The van der Waals surface area contributed by atoms with Crippen molar-refractivity contribution in [3.63, 3.8) is 0 Å². The van der Waals surface area contributed by atoms with Crippen LogP contribution in [0.1, 0.15) is 35.2 Å². The lowest BCUT2D eigenvalue weighted by atomic mass is 9.95. The summed E-state index contributed by atoms with van der Waals surface area (Å²) in [7, 11) is 0. The number of carbonyl (C=O) groups is 1. The summed E-state index contributed by atoms with van der Waals surface area (Å²) in [5, 5.41) is 4.09. The van der Waals surface area contributed by atoms with Crippen molar-refractivity contribution < 1.29 is 4.79 Å². The minimum Gasteiger partial charge on any atom is -0.335 e. The smallest absolute Gasteiger partial charge is 0.254 e. The van der Waals surface area contributed by atoms with Gasteiger partial charge in [0.05, 0.1) is 0 Å². The number of likely N-dealkylation sites (tertiary alicyclic amines) is 1. The molecule has 1 saturated heterocycles. The molecule has 0 N–H and O–H groups in total. The van der Waals surface area contributed by atoms with E-state index in [9.17, 15) is 4.79 Å². The topological polar surface area (TPSA) is 63.9 Å². The van der Waals surface area contributed by atoms with Crippen LogP contribution in [0, 0.1) is 0 Å². The van der Waals surface area contributed by atoms with Crippen LogP contribution in [0.3, 0.4) is 0 Å². The van der Waals surface area contributed by atoms with E-state index in [1.54, 1.807) is 29.3 Å². The molecule has 1 fully saturated rings. The van der Waals surface area contributed by atoms with E-state index in [0.717, 1.165) is 25.8 Å². The summed E-state index contributed by atoms with van der Waals surface area (Å²) in [6.07, 6.45) is 8.85. The predicted molar refractivity (Wildman–Crippen MR) is 98.0 cm³/mol. The Morgan fingerprint density at radius 2 is 2.04 bits per heavy atom. The predicted octanol–water partition coefficient (Wildman–Crippen LogP) is 2.90. The van der Waals surface area contributed by atoms with Crippen LogP contribution in [0.15, 0.2) is 61.3 Å². The van der Waals surface area contributed by atoms with Gasteiger partial charge >= 0.3 is 0 Å². The molecule has 6 nitrogen and oxygen atoms in total. The highest BCUT2D eigenvalue weighted by molar-refractivity contribution is 5.94. The monoisotopic (exact) mass is 347 g/mol. The third-order valence-electron chi connectivity index (χ3n) is 4.85. The molecule has 0 spiro atoms. The van der Waals surface area contributed by atoms with Crippen LogP contribution in [0.2, 0.25) is 0 Å². The van der Waals surface area contributed by atoms with Gasteiger partial charge in [0.15, 0.2) is 5.82 Å². The van der Waals surface area contributed by atoms with Crippen molar-refractivity contribution in [2.45, 2.75) is 31.7 Å². The number of aromatic nitrogens is 4. The first kappa shape index (κ1) is 16.4. The molecule has 26 heavy (non-hydrogen) atoms. The summed E-state index contributed by atoms with van der Waals surface area (Å²) in [5.74, 6) is 0.666. The molecule has 132 valence electrons. The largest absolute Gasteiger partial charge is 0.335 e. The summed E-state index contributed by atoms with van der Waals surface area (Å²) >= 11 is 0. The molecule has 1 atom stereocenters. The molecule has 4 rings (SSSR count). The fraction of sp³-hybridized carbons (Fsp3) is 0.300. The second-order valence-corrected chi connectivity index (χ2v) is 6.58. The number of nitrogens with zero attached hydrogens (tertiary/aromatic N) is 5. The molecular formula is C20H21N5O. The highest BCUT2D eigenvalue weighted by atomic mass is 16.2. The van der Waals surface area contributed by atoms with Gasteiger partial charge in [0.25, 0.3) is 5.91 Å². The summed E-state index contributed by atoms with van der Waals surface area (Å²) in [6.45, 7) is 0.803. The van der Waals surface area contributed by atoms with Gasteiger partial charge in [0.1, 0.15) is 12.7 Å². The van der Waals surface area contributed by atoms with Crippen LogP contribution >= 0.6 is 0 Å². The number of rotatable bonds is 4. The van der Waals surface area contributed by atoms with Crippen LogP contribution in [0.25, 0.3) is 5.82 Å². The zero-order valence-corrected chi connectivity index (χ0v) is 14.5. The van der Waals surface area contributed by atoms with Crippen molar-refractivity contribution in [1.82, 2.24) is 24.6 Å². The molecule has 3 heterocycles. The maximum absolute atomic E-state index is 13.2. The van der Waals surface area contributed by atoms with E-state index in [1.165, 1.54) is 18.3 Å². The first-order chi connectivity index (χ1) is 12.8. The zero-order valence-electron chi connectivity index (χ0n) is 14.5. The third-order valence-corrected chi connectivity index (χ3v) is 4.85. The minimum absolute atomic E-state index is 0.0643. The zero-order chi connectivity index (χ0) is 17.8. The van der Waals surface area contributed by atoms with E-state index in [-0.39, 0.29) is 11.9 Å². The maximum Gasteiger partial charge on any atom is 0.254 e. The molecule has 0 radical (unpaired) electrons. The van der Waals surface area contributed by atoms with E-state index in [4.69, 9.17) is 0 Å². The first-order valence-corrected chi connectivity index (χ1v) is 8.97. The van der Waals surface area contributed by atoms with Crippen molar-refractivity contribution in [3.05, 3.63) is 72.4 Å². The highest BCUT2D eigenvalue weighted by Crippen LogP contribution is 2.23. The van der Waals surface area contributed by atoms with Crippen molar-refractivity contribution in [2.75, 3.05) is 6.54 Å². The fourth-order valence-electron chi connectivity index (χ4n) is 3.54. The Morgan fingerprint density at radius 3 is 2.85 bits per heavy atom. The molecule has 0 saturated carbocycles. The molecule has 0 aliphatic carbocycles. The highest BCUT2D eigenvalue weighted by Gasteiger charge is 2.27. The Bertz CT molecular complexity index is 863. The molecule has 1 amide bonds. The van der Waals surface area contributed by atoms with E-state index in [0.29, 0.717) is 11.4 Å². The Labute approximate surface area is 152 Å². The van der Waals surface area contributed by atoms with Gasteiger partial charge in [0, 0.05) is 24.3 Å². The molecule has 1 aromatic carbocycles. The van der Waals surface area contributed by atoms with E-state index in [2.05, 4.69) is 39.3 Å². The second kappa shape index (κ2) is 7.47. The molecule has 1 aliphatic rings. The number of piperidine rings is 1. The summed E-state index contributed by atoms with van der Waals surface area (Å²) in [5.41, 5.74) is 1.92. The normalized spacial score (nSPS) is 17.2. The number of pyridine rings is 1. The van der Waals surface area contributed by atoms with Crippen molar-refractivity contribution >= 4 is 5.91 Å². The van der Waals surface area contributed by atoms with Gasteiger partial charge in [-0.3, -0.25) is 4.79 Å².